The van der Waals surface area contributed by atoms with Crippen LogP contribution < -0.4 is 5.32 Å². The van der Waals surface area contributed by atoms with Crippen LogP contribution in [0.15, 0.2) is 55.2 Å². The van der Waals surface area contributed by atoms with Gasteiger partial charge in [0, 0.05) is 12.7 Å². The summed E-state index contributed by atoms with van der Waals surface area (Å²) in [5.74, 6) is -0.0967. The second-order valence-electron chi connectivity index (χ2n) is 4.85. The molecule has 1 aromatic carbocycles. The number of hydrogen-bond donors (Lipinski definition) is 1. The van der Waals surface area contributed by atoms with Crippen molar-refractivity contribution in [3.8, 4) is 5.82 Å². The largest absolute Gasteiger partial charge is 0.352 e. The molecule has 3 aromatic rings. The molecular weight excluding hydrogens is 297 g/mol. The molecule has 1 N–H and O–H groups in total. The van der Waals surface area contributed by atoms with Crippen LogP contribution in [0.5, 0.6) is 0 Å². The number of hydrogen-bond acceptors (Lipinski definition) is 4. The third-order valence-corrected chi connectivity index (χ3v) is 3.28. The van der Waals surface area contributed by atoms with Crippen LogP contribution in [0.3, 0.4) is 0 Å². The first-order valence-corrected chi connectivity index (χ1v) is 7.07. The normalized spacial score (nSPS) is 10.5. The summed E-state index contributed by atoms with van der Waals surface area (Å²) >= 11 is 0. The Kier molecular flexibility index (Phi) is 4.37. The fraction of sp³-hybridized carbons (Fsp3) is 0.125. The monoisotopic (exact) mass is 311 g/mol. The number of halogens is 1. The molecule has 0 radical (unpaired) electrons. The fourth-order valence-corrected chi connectivity index (χ4v) is 2.14. The molecule has 0 aliphatic rings. The van der Waals surface area contributed by atoms with Gasteiger partial charge in [0.1, 0.15) is 18.5 Å². The van der Waals surface area contributed by atoms with E-state index in [9.17, 15) is 9.18 Å². The molecule has 0 fully saturated rings. The highest BCUT2D eigenvalue weighted by molar-refractivity contribution is 5.97. The fourth-order valence-electron chi connectivity index (χ4n) is 2.14. The SMILES string of the molecule is O=C(NCCc1ccc(F)cc1)c1cccnc1-n1cncn1. The molecule has 0 bridgehead atoms. The molecule has 2 aromatic heterocycles. The Balaban J connectivity index is 1.66. The number of nitrogens with one attached hydrogen (secondary N) is 1. The van der Waals surface area contributed by atoms with Crippen LogP contribution >= 0.6 is 0 Å². The predicted octanol–water partition coefficient (Wildman–Crippen LogP) is 1.77. The Hall–Kier alpha value is -3.09. The van der Waals surface area contributed by atoms with E-state index in [0.717, 1.165) is 5.56 Å². The van der Waals surface area contributed by atoms with E-state index in [1.165, 1.54) is 29.5 Å². The van der Waals surface area contributed by atoms with Gasteiger partial charge in [0.25, 0.3) is 5.91 Å². The van der Waals surface area contributed by atoms with Crippen LogP contribution in [0.2, 0.25) is 0 Å². The van der Waals surface area contributed by atoms with Gasteiger partial charge < -0.3 is 5.32 Å². The van der Waals surface area contributed by atoms with Crippen LogP contribution in [0.4, 0.5) is 4.39 Å². The van der Waals surface area contributed by atoms with Gasteiger partial charge in [0.2, 0.25) is 0 Å². The lowest BCUT2D eigenvalue weighted by Crippen LogP contribution is -2.27. The third kappa shape index (κ3) is 3.57. The van der Waals surface area contributed by atoms with E-state index >= 15 is 0 Å². The Morgan fingerprint density at radius 1 is 1.22 bits per heavy atom. The van der Waals surface area contributed by atoms with Crippen LogP contribution in [0.25, 0.3) is 5.82 Å². The Labute approximate surface area is 132 Å². The van der Waals surface area contributed by atoms with Gasteiger partial charge in [-0.15, -0.1) is 0 Å². The molecule has 6 nitrogen and oxygen atoms in total. The standard InChI is InChI=1S/C16H14FN5O/c17-13-5-3-12(4-6-13)7-9-20-16(23)14-2-1-8-19-15(14)22-11-18-10-21-22/h1-6,8,10-11H,7,9H2,(H,20,23). The van der Waals surface area contributed by atoms with Gasteiger partial charge in [0.15, 0.2) is 5.82 Å². The summed E-state index contributed by atoms with van der Waals surface area (Å²) in [6.45, 7) is 0.441. The summed E-state index contributed by atoms with van der Waals surface area (Å²) in [5.41, 5.74) is 1.37. The second-order valence-corrected chi connectivity index (χ2v) is 4.85. The van der Waals surface area contributed by atoms with Crippen molar-refractivity contribution >= 4 is 5.91 Å². The molecule has 2 heterocycles. The van der Waals surface area contributed by atoms with Crippen LogP contribution in [0.1, 0.15) is 15.9 Å². The highest BCUT2D eigenvalue weighted by atomic mass is 19.1. The smallest absolute Gasteiger partial charge is 0.255 e. The molecule has 3 rings (SSSR count). The van der Waals surface area contributed by atoms with E-state index in [1.807, 2.05) is 0 Å². The van der Waals surface area contributed by atoms with Gasteiger partial charge in [-0.05, 0) is 36.2 Å². The van der Waals surface area contributed by atoms with Gasteiger partial charge in [-0.2, -0.15) is 5.10 Å². The summed E-state index contributed by atoms with van der Waals surface area (Å²) < 4.78 is 14.3. The van der Waals surface area contributed by atoms with Crippen LogP contribution in [0, 0.1) is 5.82 Å². The maximum absolute atomic E-state index is 12.8. The number of nitrogens with zero attached hydrogens (tertiary/aromatic N) is 4. The zero-order chi connectivity index (χ0) is 16.1. The lowest BCUT2D eigenvalue weighted by molar-refractivity contribution is 0.0953. The van der Waals surface area contributed by atoms with E-state index in [1.54, 1.807) is 30.5 Å². The average molecular weight is 311 g/mol. The van der Waals surface area contributed by atoms with Gasteiger partial charge in [-0.25, -0.2) is 19.0 Å². The molecule has 116 valence electrons. The minimum atomic E-state index is -0.273. The Morgan fingerprint density at radius 3 is 2.78 bits per heavy atom. The van der Waals surface area contributed by atoms with E-state index in [-0.39, 0.29) is 11.7 Å². The molecule has 0 saturated heterocycles. The molecule has 0 atom stereocenters. The van der Waals surface area contributed by atoms with E-state index in [4.69, 9.17) is 0 Å². The maximum Gasteiger partial charge on any atom is 0.255 e. The first-order chi connectivity index (χ1) is 11.2. The quantitative estimate of drug-likeness (QED) is 0.779. The third-order valence-electron chi connectivity index (χ3n) is 3.28. The van der Waals surface area contributed by atoms with Gasteiger partial charge in [0.05, 0.1) is 5.56 Å². The average Bonchev–Trinajstić information content (AvgIpc) is 3.11. The highest BCUT2D eigenvalue weighted by Crippen LogP contribution is 2.09. The molecule has 1 amide bonds. The lowest BCUT2D eigenvalue weighted by Gasteiger charge is -2.09. The summed E-state index contributed by atoms with van der Waals surface area (Å²) in [7, 11) is 0. The van der Waals surface area contributed by atoms with E-state index in [2.05, 4.69) is 20.4 Å². The molecule has 0 unspecified atom stereocenters. The van der Waals surface area contributed by atoms with Crippen molar-refractivity contribution in [2.24, 2.45) is 0 Å². The number of rotatable bonds is 5. The number of carbonyl (C=O) groups excluding carboxylic acids is 1. The van der Waals surface area contributed by atoms with E-state index in [0.29, 0.717) is 24.3 Å². The van der Waals surface area contributed by atoms with Crippen molar-refractivity contribution in [3.05, 3.63) is 72.2 Å². The molecule has 7 heteroatoms. The summed E-state index contributed by atoms with van der Waals surface area (Å²) in [6, 6.07) is 9.58. The first kappa shape index (κ1) is 14.8. The van der Waals surface area contributed by atoms with Crippen LogP contribution in [-0.4, -0.2) is 32.2 Å². The second kappa shape index (κ2) is 6.78. The summed E-state index contributed by atoms with van der Waals surface area (Å²) in [6.07, 6.45) is 5.07. The van der Waals surface area contributed by atoms with Gasteiger partial charge in [-0.1, -0.05) is 12.1 Å². The zero-order valence-electron chi connectivity index (χ0n) is 12.2. The Bertz CT molecular complexity index is 786. The molecule has 0 spiro atoms. The van der Waals surface area contributed by atoms with Crippen LogP contribution in [-0.2, 0) is 6.42 Å². The first-order valence-electron chi connectivity index (χ1n) is 7.07. The van der Waals surface area contributed by atoms with Crippen molar-refractivity contribution in [2.75, 3.05) is 6.54 Å². The minimum Gasteiger partial charge on any atom is -0.352 e. The molecule has 23 heavy (non-hydrogen) atoms. The molecule has 0 saturated carbocycles. The summed E-state index contributed by atoms with van der Waals surface area (Å²) in [4.78, 5) is 20.4. The number of amides is 1. The predicted molar refractivity (Wildman–Crippen MR) is 81.6 cm³/mol. The number of carbonyl (C=O) groups is 1. The van der Waals surface area contributed by atoms with Crippen molar-refractivity contribution in [2.45, 2.75) is 6.42 Å². The van der Waals surface area contributed by atoms with Crippen molar-refractivity contribution in [3.63, 3.8) is 0 Å². The van der Waals surface area contributed by atoms with Crippen molar-refractivity contribution in [1.82, 2.24) is 25.1 Å². The number of pyridine rings is 1. The zero-order valence-corrected chi connectivity index (χ0v) is 12.2. The lowest BCUT2D eigenvalue weighted by atomic mass is 10.1. The Morgan fingerprint density at radius 2 is 2.04 bits per heavy atom. The maximum atomic E-state index is 12.8. The highest BCUT2D eigenvalue weighted by Gasteiger charge is 2.13. The summed E-state index contributed by atoms with van der Waals surface area (Å²) in [5, 5.41) is 6.82. The van der Waals surface area contributed by atoms with Gasteiger partial charge in [-0.3, -0.25) is 4.79 Å². The minimum absolute atomic E-state index is 0.245. The van der Waals surface area contributed by atoms with Gasteiger partial charge >= 0.3 is 0 Å². The number of aromatic nitrogens is 4. The number of benzene rings is 1. The van der Waals surface area contributed by atoms with E-state index < -0.39 is 0 Å². The molecule has 0 aliphatic carbocycles. The topological polar surface area (TPSA) is 72.7 Å². The molecule has 0 aliphatic heterocycles. The van der Waals surface area contributed by atoms with Crippen molar-refractivity contribution in [1.29, 1.82) is 0 Å². The van der Waals surface area contributed by atoms with Crippen molar-refractivity contribution < 1.29 is 9.18 Å². The molecular formula is C16H14FN5O.